The molecule has 110 valence electrons. The Kier molecular flexibility index (Phi) is 4.24. The minimum absolute atomic E-state index is 0.0689. The van der Waals surface area contributed by atoms with Gasteiger partial charge in [0.25, 0.3) is 5.91 Å². The fraction of sp³-hybridized carbons (Fsp3) is 0.400. The second-order valence-corrected chi connectivity index (χ2v) is 5.86. The van der Waals surface area contributed by atoms with Gasteiger partial charge in [0.1, 0.15) is 10.9 Å². The van der Waals surface area contributed by atoms with E-state index in [9.17, 15) is 4.79 Å². The van der Waals surface area contributed by atoms with Gasteiger partial charge in [0, 0.05) is 37.6 Å². The molecule has 2 aromatic heterocycles. The van der Waals surface area contributed by atoms with Crippen molar-refractivity contribution in [2.24, 2.45) is 0 Å². The highest BCUT2D eigenvalue weighted by Gasteiger charge is 2.27. The number of imidazole rings is 1. The molecule has 0 unspecified atom stereocenters. The quantitative estimate of drug-likeness (QED) is 0.832. The zero-order chi connectivity index (χ0) is 14.7. The summed E-state index contributed by atoms with van der Waals surface area (Å²) in [4.78, 5) is 20.8. The summed E-state index contributed by atoms with van der Waals surface area (Å²) in [6, 6.07) is 3.59. The Morgan fingerprint density at radius 1 is 1.43 bits per heavy atom. The molecule has 1 fully saturated rings. The summed E-state index contributed by atoms with van der Waals surface area (Å²) in [5.41, 5.74) is 0.637. The van der Waals surface area contributed by atoms with E-state index in [2.05, 4.69) is 19.9 Å². The maximum Gasteiger partial charge on any atom is 0.254 e. The van der Waals surface area contributed by atoms with Crippen LogP contribution in [0.2, 0.25) is 0 Å². The molecule has 0 saturated heterocycles. The summed E-state index contributed by atoms with van der Waals surface area (Å²) >= 11 is 1.48. The molecular weight excluding hydrogens is 284 g/mol. The number of aromatic nitrogens is 3. The number of carbonyl (C=O) groups excluding carboxylic acids is 1. The van der Waals surface area contributed by atoms with E-state index in [0.717, 1.165) is 17.4 Å². The number of hydrogen-bond donors (Lipinski definition) is 1. The van der Waals surface area contributed by atoms with Crippen LogP contribution in [0.25, 0.3) is 0 Å². The van der Waals surface area contributed by atoms with Crippen LogP contribution in [0.15, 0.2) is 35.7 Å². The zero-order valence-corrected chi connectivity index (χ0v) is 12.8. The zero-order valence-electron chi connectivity index (χ0n) is 12.0. The van der Waals surface area contributed by atoms with Gasteiger partial charge in [-0.2, -0.15) is 0 Å². The van der Waals surface area contributed by atoms with Gasteiger partial charge in [-0.05, 0) is 31.2 Å². The summed E-state index contributed by atoms with van der Waals surface area (Å²) in [6.45, 7) is 1.35. The lowest BCUT2D eigenvalue weighted by Crippen LogP contribution is -2.28. The van der Waals surface area contributed by atoms with Crippen molar-refractivity contribution in [2.45, 2.75) is 30.3 Å². The SMILES string of the molecule is CSc1ncccc1C(=O)NCCn1ccnc1C1CC1. The first-order valence-corrected chi connectivity index (χ1v) is 8.30. The predicted octanol–water partition coefficient (Wildman–Crippen LogP) is 2.31. The lowest BCUT2D eigenvalue weighted by Gasteiger charge is -2.10. The Labute approximate surface area is 128 Å². The van der Waals surface area contributed by atoms with Crippen molar-refractivity contribution in [1.82, 2.24) is 19.9 Å². The van der Waals surface area contributed by atoms with Crippen LogP contribution in [0, 0.1) is 0 Å². The van der Waals surface area contributed by atoms with Gasteiger partial charge >= 0.3 is 0 Å². The van der Waals surface area contributed by atoms with Crippen LogP contribution in [0.5, 0.6) is 0 Å². The van der Waals surface area contributed by atoms with Crippen LogP contribution in [0.3, 0.4) is 0 Å². The van der Waals surface area contributed by atoms with Gasteiger partial charge in [-0.25, -0.2) is 9.97 Å². The normalized spacial score (nSPS) is 14.1. The molecule has 21 heavy (non-hydrogen) atoms. The molecule has 1 aliphatic carbocycles. The number of nitrogens with one attached hydrogen (secondary N) is 1. The summed E-state index contributed by atoms with van der Waals surface area (Å²) in [7, 11) is 0. The number of thioether (sulfide) groups is 1. The van der Waals surface area contributed by atoms with Gasteiger partial charge in [-0.3, -0.25) is 4.79 Å². The van der Waals surface area contributed by atoms with Crippen LogP contribution in [0.4, 0.5) is 0 Å². The van der Waals surface area contributed by atoms with Crippen molar-refractivity contribution < 1.29 is 4.79 Å². The minimum atomic E-state index is -0.0689. The van der Waals surface area contributed by atoms with E-state index >= 15 is 0 Å². The molecule has 0 spiro atoms. The van der Waals surface area contributed by atoms with Gasteiger partial charge in [-0.1, -0.05) is 0 Å². The fourth-order valence-electron chi connectivity index (χ4n) is 2.32. The number of amides is 1. The Balaban J connectivity index is 1.57. The third-order valence-corrected chi connectivity index (χ3v) is 4.25. The average molecular weight is 302 g/mol. The van der Waals surface area contributed by atoms with Gasteiger partial charge in [0.05, 0.1) is 5.56 Å². The van der Waals surface area contributed by atoms with E-state index in [1.165, 1.54) is 24.6 Å². The predicted molar refractivity (Wildman–Crippen MR) is 82.6 cm³/mol. The Hall–Kier alpha value is -1.82. The lowest BCUT2D eigenvalue weighted by molar-refractivity contribution is 0.0948. The van der Waals surface area contributed by atoms with Gasteiger partial charge in [0.15, 0.2) is 0 Å². The van der Waals surface area contributed by atoms with E-state index in [1.54, 1.807) is 18.3 Å². The van der Waals surface area contributed by atoms with Crippen molar-refractivity contribution in [3.8, 4) is 0 Å². The second kappa shape index (κ2) is 6.30. The van der Waals surface area contributed by atoms with Crippen LogP contribution < -0.4 is 5.32 Å². The largest absolute Gasteiger partial charge is 0.350 e. The number of nitrogens with zero attached hydrogens (tertiary/aromatic N) is 3. The number of pyridine rings is 1. The Morgan fingerprint density at radius 3 is 3.05 bits per heavy atom. The maximum atomic E-state index is 12.2. The highest BCUT2D eigenvalue weighted by Crippen LogP contribution is 2.38. The molecule has 1 aliphatic rings. The average Bonchev–Trinajstić information content (AvgIpc) is 3.26. The molecule has 0 aromatic carbocycles. The first kappa shape index (κ1) is 14.1. The summed E-state index contributed by atoms with van der Waals surface area (Å²) < 4.78 is 2.14. The molecule has 0 radical (unpaired) electrons. The molecular formula is C15H18N4OS. The van der Waals surface area contributed by atoms with Gasteiger partial charge < -0.3 is 9.88 Å². The summed E-state index contributed by atoms with van der Waals surface area (Å²) in [5.74, 6) is 1.70. The molecule has 5 nitrogen and oxygen atoms in total. The van der Waals surface area contributed by atoms with Crippen molar-refractivity contribution >= 4 is 17.7 Å². The van der Waals surface area contributed by atoms with Crippen LogP contribution in [-0.4, -0.2) is 33.2 Å². The number of carbonyl (C=O) groups is 1. The number of hydrogen-bond acceptors (Lipinski definition) is 4. The smallest absolute Gasteiger partial charge is 0.254 e. The van der Waals surface area contributed by atoms with E-state index in [0.29, 0.717) is 18.0 Å². The Morgan fingerprint density at radius 2 is 2.29 bits per heavy atom. The van der Waals surface area contributed by atoms with E-state index in [1.807, 2.05) is 18.6 Å². The van der Waals surface area contributed by atoms with E-state index < -0.39 is 0 Å². The molecule has 0 aliphatic heterocycles. The van der Waals surface area contributed by atoms with Crippen molar-refractivity contribution in [3.63, 3.8) is 0 Å². The van der Waals surface area contributed by atoms with Crippen LogP contribution in [0.1, 0.15) is 34.9 Å². The van der Waals surface area contributed by atoms with Crippen LogP contribution >= 0.6 is 11.8 Å². The summed E-state index contributed by atoms with van der Waals surface area (Å²) in [6.07, 6.45) is 9.91. The van der Waals surface area contributed by atoms with E-state index in [-0.39, 0.29) is 5.91 Å². The topological polar surface area (TPSA) is 59.8 Å². The maximum absolute atomic E-state index is 12.2. The molecule has 6 heteroatoms. The van der Waals surface area contributed by atoms with E-state index in [4.69, 9.17) is 0 Å². The highest BCUT2D eigenvalue weighted by molar-refractivity contribution is 7.98. The molecule has 0 bridgehead atoms. The lowest BCUT2D eigenvalue weighted by atomic mass is 10.2. The molecule has 1 N–H and O–H groups in total. The fourth-order valence-corrected chi connectivity index (χ4v) is 2.87. The molecule has 3 rings (SSSR count). The van der Waals surface area contributed by atoms with Crippen LogP contribution in [-0.2, 0) is 6.54 Å². The summed E-state index contributed by atoms with van der Waals surface area (Å²) in [5, 5.41) is 3.72. The first-order chi connectivity index (χ1) is 10.3. The van der Waals surface area contributed by atoms with Gasteiger partial charge in [-0.15, -0.1) is 11.8 Å². The molecule has 2 heterocycles. The molecule has 1 amide bonds. The van der Waals surface area contributed by atoms with Crippen molar-refractivity contribution in [1.29, 1.82) is 0 Å². The monoisotopic (exact) mass is 302 g/mol. The first-order valence-electron chi connectivity index (χ1n) is 7.08. The third kappa shape index (κ3) is 3.26. The minimum Gasteiger partial charge on any atom is -0.350 e. The molecule has 0 atom stereocenters. The Bertz CT molecular complexity index is 636. The third-order valence-electron chi connectivity index (χ3n) is 3.54. The van der Waals surface area contributed by atoms with Gasteiger partial charge in [0.2, 0.25) is 0 Å². The van der Waals surface area contributed by atoms with Crippen molar-refractivity contribution in [3.05, 3.63) is 42.1 Å². The standard InChI is InChI=1S/C15H18N4OS/c1-21-15-12(3-2-6-18-15)14(20)17-8-10-19-9-7-16-13(19)11-4-5-11/h2-3,6-7,9,11H,4-5,8,10H2,1H3,(H,17,20). The molecule has 1 saturated carbocycles. The van der Waals surface area contributed by atoms with Crippen molar-refractivity contribution in [2.75, 3.05) is 12.8 Å². The highest BCUT2D eigenvalue weighted by atomic mass is 32.2. The molecule has 2 aromatic rings. The number of rotatable bonds is 6. The second-order valence-electron chi connectivity index (χ2n) is 5.07.